The van der Waals surface area contributed by atoms with E-state index >= 15 is 0 Å². The molecule has 2 saturated heterocycles. The molecule has 1 aromatic carbocycles. The van der Waals surface area contributed by atoms with Crippen molar-refractivity contribution in [1.82, 2.24) is 15.1 Å². The maximum absolute atomic E-state index is 12.0. The summed E-state index contributed by atoms with van der Waals surface area (Å²) in [6.45, 7) is 7.50. The van der Waals surface area contributed by atoms with Gasteiger partial charge in [0.05, 0.1) is 6.10 Å². The lowest BCUT2D eigenvalue weighted by molar-refractivity contribution is -0.127. The molecule has 28 heavy (non-hydrogen) atoms. The van der Waals surface area contributed by atoms with Crippen LogP contribution < -0.4 is 10.2 Å². The zero-order valence-corrected chi connectivity index (χ0v) is 17.4. The molecule has 1 atom stereocenters. The van der Waals surface area contributed by atoms with E-state index in [1.165, 1.54) is 11.3 Å². The summed E-state index contributed by atoms with van der Waals surface area (Å²) in [6.07, 6.45) is 2.44. The first kappa shape index (κ1) is 20.5. The monoisotopic (exact) mass is 387 g/mol. The minimum absolute atomic E-state index is 0.00909. The van der Waals surface area contributed by atoms with Crippen LogP contribution in [0.5, 0.6) is 0 Å². The lowest BCUT2D eigenvalue weighted by Gasteiger charge is -2.38. The van der Waals surface area contributed by atoms with Gasteiger partial charge in [0.1, 0.15) is 6.54 Å². The molecule has 1 aromatic rings. The summed E-state index contributed by atoms with van der Waals surface area (Å²) in [6, 6.07) is 8.64. The second-order valence-corrected chi connectivity index (χ2v) is 7.76. The smallest absolute Gasteiger partial charge is 0.243 e. The number of hydrogen-bond acceptors (Lipinski definition) is 4. The standard InChI is InChI=1S/C21H33N5O2/c1-17-6-4-7-18(14-17)25-9-11-26(12-10-25)21(23-16-20(27)24(2)3)22-15-19-8-5-13-28-19/h4,6-7,14,19H,5,8-13,15-16H2,1-3H3,(H,22,23). The van der Waals surface area contributed by atoms with Crippen LogP contribution in [-0.2, 0) is 9.53 Å². The van der Waals surface area contributed by atoms with Gasteiger partial charge in [0.2, 0.25) is 5.91 Å². The highest BCUT2D eigenvalue weighted by atomic mass is 16.5. The Labute approximate surface area is 168 Å². The van der Waals surface area contributed by atoms with Gasteiger partial charge in [-0.1, -0.05) is 12.1 Å². The predicted octanol–water partition coefficient (Wildman–Crippen LogP) is 1.33. The first-order valence-electron chi connectivity index (χ1n) is 10.2. The van der Waals surface area contributed by atoms with Gasteiger partial charge in [0.25, 0.3) is 0 Å². The number of nitrogens with zero attached hydrogens (tertiary/aromatic N) is 4. The number of aliphatic imine (C=N–C) groups is 1. The molecule has 0 aromatic heterocycles. The Hall–Kier alpha value is -2.28. The van der Waals surface area contributed by atoms with E-state index in [0.717, 1.165) is 58.1 Å². The SMILES string of the molecule is Cc1cccc(N2CCN(C(=NCC(=O)N(C)C)NCC3CCCO3)CC2)c1. The number of nitrogens with one attached hydrogen (secondary N) is 1. The molecule has 2 aliphatic heterocycles. The van der Waals surface area contributed by atoms with Crippen molar-refractivity contribution in [2.45, 2.75) is 25.9 Å². The minimum Gasteiger partial charge on any atom is -0.376 e. The van der Waals surface area contributed by atoms with Crippen molar-refractivity contribution in [2.75, 3.05) is 64.9 Å². The van der Waals surface area contributed by atoms with Gasteiger partial charge in [-0.25, -0.2) is 4.99 Å². The number of carbonyl (C=O) groups excluding carboxylic acids is 1. The zero-order valence-electron chi connectivity index (χ0n) is 17.4. The maximum Gasteiger partial charge on any atom is 0.243 e. The normalized spacial score (nSPS) is 20.4. The second kappa shape index (κ2) is 9.78. The highest BCUT2D eigenvalue weighted by molar-refractivity contribution is 5.85. The van der Waals surface area contributed by atoms with Crippen molar-refractivity contribution >= 4 is 17.6 Å². The molecule has 1 amide bonds. The Morgan fingerprint density at radius 3 is 2.71 bits per heavy atom. The summed E-state index contributed by atoms with van der Waals surface area (Å²) < 4.78 is 5.72. The van der Waals surface area contributed by atoms with E-state index in [9.17, 15) is 4.79 Å². The Kier molecular flexibility index (Phi) is 7.14. The third-order valence-corrected chi connectivity index (χ3v) is 5.32. The number of aryl methyl sites for hydroxylation is 1. The van der Waals surface area contributed by atoms with E-state index in [4.69, 9.17) is 4.74 Å². The number of amides is 1. The van der Waals surface area contributed by atoms with Crippen molar-refractivity contribution < 1.29 is 9.53 Å². The Balaban J connectivity index is 1.60. The van der Waals surface area contributed by atoms with Crippen LogP contribution in [0.15, 0.2) is 29.3 Å². The van der Waals surface area contributed by atoms with Gasteiger partial charge in [0.15, 0.2) is 5.96 Å². The largest absolute Gasteiger partial charge is 0.376 e. The Morgan fingerprint density at radius 2 is 2.07 bits per heavy atom. The van der Waals surface area contributed by atoms with Crippen molar-refractivity contribution in [3.8, 4) is 0 Å². The number of benzene rings is 1. The summed E-state index contributed by atoms with van der Waals surface area (Å²) in [5.74, 6) is 0.824. The summed E-state index contributed by atoms with van der Waals surface area (Å²) in [5, 5.41) is 3.45. The fourth-order valence-corrected chi connectivity index (χ4v) is 3.56. The molecule has 2 heterocycles. The molecule has 7 nitrogen and oxygen atoms in total. The molecule has 0 spiro atoms. The third-order valence-electron chi connectivity index (χ3n) is 5.32. The molecule has 0 aliphatic carbocycles. The summed E-state index contributed by atoms with van der Waals surface area (Å²) in [5.41, 5.74) is 2.55. The van der Waals surface area contributed by atoms with Crippen molar-refractivity contribution in [2.24, 2.45) is 4.99 Å². The van der Waals surface area contributed by atoms with Crippen LogP contribution in [0.25, 0.3) is 0 Å². The van der Waals surface area contributed by atoms with Crippen LogP contribution in [-0.4, -0.2) is 87.7 Å². The molecule has 1 unspecified atom stereocenters. The number of carbonyl (C=O) groups is 1. The van der Waals surface area contributed by atoms with Crippen LogP contribution >= 0.6 is 0 Å². The fraction of sp³-hybridized carbons (Fsp3) is 0.619. The zero-order chi connectivity index (χ0) is 19.9. The molecule has 2 aliphatic rings. The van der Waals surface area contributed by atoms with E-state index in [-0.39, 0.29) is 18.6 Å². The fourth-order valence-electron chi connectivity index (χ4n) is 3.56. The average molecular weight is 388 g/mol. The molecule has 0 bridgehead atoms. The van der Waals surface area contributed by atoms with Crippen molar-refractivity contribution in [1.29, 1.82) is 0 Å². The minimum atomic E-state index is 0.00909. The van der Waals surface area contributed by atoms with Gasteiger partial charge in [-0.2, -0.15) is 0 Å². The lowest BCUT2D eigenvalue weighted by atomic mass is 10.2. The van der Waals surface area contributed by atoms with E-state index in [1.54, 1.807) is 19.0 Å². The van der Waals surface area contributed by atoms with Crippen LogP contribution in [0.1, 0.15) is 18.4 Å². The summed E-state index contributed by atoms with van der Waals surface area (Å²) >= 11 is 0. The number of likely N-dealkylation sites (N-methyl/N-ethyl adjacent to an activating group) is 1. The van der Waals surface area contributed by atoms with E-state index < -0.39 is 0 Å². The number of guanidine groups is 1. The molecule has 1 N–H and O–H groups in total. The van der Waals surface area contributed by atoms with Crippen LogP contribution in [0.4, 0.5) is 5.69 Å². The Morgan fingerprint density at radius 1 is 1.29 bits per heavy atom. The maximum atomic E-state index is 12.0. The van der Waals surface area contributed by atoms with E-state index in [1.807, 2.05) is 0 Å². The molecule has 2 fully saturated rings. The summed E-state index contributed by atoms with van der Waals surface area (Å²) in [4.78, 5) is 22.9. The van der Waals surface area contributed by atoms with Crippen LogP contribution in [0.2, 0.25) is 0 Å². The molecular weight excluding hydrogens is 354 g/mol. The topological polar surface area (TPSA) is 60.4 Å². The first-order valence-corrected chi connectivity index (χ1v) is 10.2. The molecular formula is C21H33N5O2. The second-order valence-electron chi connectivity index (χ2n) is 7.76. The number of piperazine rings is 1. The molecule has 7 heteroatoms. The van der Waals surface area contributed by atoms with Crippen LogP contribution in [0.3, 0.4) is 0 Å². The third kappa shape index (κ3) is 5.61. The average Bonchev–Trinajstić information content (AvgIpc) is 3.21. The molecule has 0 saturated carbocycles. The number of anilines is 1. The van der Waals surface area contributed by atoms with Crippen molar-refractivity contribution in [3.05, 3.63) is 29.8 Å². The van der Waals surface area contributed by atoms with Crippen LogP contribution in [0, 0.1) is 6.92 Å². The van der Waals surface area contributed by atoms with Gasteiger partial charge in [-0.05, 0) is 37.5 Å². The molecule has 0 radical (unpaired) electrons. The first-order chi connectivity index (χ1) is 13.5. The van der Waals surface area contributed by atoms with E-state index in [2.05, 4.69) is 51.3 Å². The highest BCUT2D eigenvalue weighted by Gasteiger charge is 2.22. The van der Waals surface area contributed by atoms with Gasteiger partial charge >= 0.3 is 0 Å². The summed E-state index contributed by atoms with van der Waals surface area (Å²) in [7, 11) is 3.52. The number of ether oxygens (including phenoxy) is 1. The molecule has 154 valence electrons. The van der Waals surface area contributed by atoms with Gasteiger partial charge in [0, 0.05) is 59.1 Å². The number of hydrogen-bond donors (Lipinski definition) is 1. The lowest BCUT2D eigenvalue weighted by Crippen LogP contribution is -2.53. The molecule has 3 rings (SSSR count). The van der Waals surface area contributed by atoms with Gasteiger partial charge in [-0.3, -0.25) is 4.79 Å². The highest BCUT2D eigenvalue weighted by Crippen LogP contribution is 2.18. The van der Waals surface area contributed by atoms with Gasteiger partial charge < -0.3 is 24.8 Å². The van der Waals surface area contributed by atoms with Gasteiger partial charge in [-0.15, -0.1) is 0 Å². The number of rotatable bonds is 5. The Bertz CT molecular complexity index is 677. The predicted molar refractivity (Wildman–Crippen MR) is 113 cm³/mol. The van der Waals surface area contributed by atoms with Crippen molar-refractivity contribution in [3.63, 3.8) is 0 Å². The van der Waals surface area contributed by atoms with E-state index in [0.29, 0.717) is 0 Å². The quantitative estimate of drug-likeness (QED) is 0.610.